The third-order valence-corrected chi connectivity index (χ3v) is 3.02. The zero-order valence-corrected chi connectivity index (χ0v) is 12.3. The van der Waals surface area contributed by atoms with Gasteiger partial charge in [0.1, 0.15) is 5.75 Å². The number of hydrogen-bond donors (Lipinski definition) is 1. The monoisotopic (exact) mass is 309 g/mol. The lowest BCUT2D eigenvalue weighted by atomic mass is 10.2. The molecular weight excluding hydrogens is 294 g/mol. The van der Waals surface area contributed by atoms with Crippen molar-refractivity contribution in [2.24, 2.45) is 0 Å². The van der Waals surface area contributed by atoms with Crippen LogP contribution in [0.15, 0.2) is 65.1 Å². The highest BCUT2D eigenvalue weighted by molar-refractivity contribution is 5.89. The molecule has 0 aliphatic heterocycles. The fraction of sp³-hybridized carbons (Fsp3) is 0.118. The van der Waals surface area contributed by atoms with E-state index in [-0.39, 0.29) is 18.5 Å². The minimum Gasteiger partial charge on any atom is -0.484 e. The molecule has 0 atom stereocenters. The molecule has 6 nitrogen and oxygen atoms in total. The lowest BCUT2D eigenvalue weighted by Crippen LogP contribution is -2.20. The van der Waals surface area contributed by atoms with Crippen molar-refractivity contribution in [1.29, 1.82) is 0 Å². The summed E-state index contributed by atoms with van der Waals surface area (Å²) in [4.78, 5) is 11.8. The third kappa shape index (κ3) is 4.41. The lowest BCUT2D eigenvalue weighted by Gasteiger charge is -2.04. The van der Waals surface area contributed by atoms with Crippen molar-refractivity contribution in [3.05, 3.63) is 72.1 Å². The van der Waals surface area contributed by atoms with E-state index in [4.69, 9.17) is 9.15 Å². The minimum absolute atomic E-state index is 0.0672. The molecule has 0 radical (unpaired) electrons. The Labute approximate surface area is 133 Å². The number of carbonyl (C=O) groups is 1. The van der Waals surface area contributed by atoms with Crippen molar-refractivity contribution < 1.29 is 13.9 Å². The van der Waals surface area contributed by atoms with Crippen molar-refractivity contribution in [2.45, 2.75) is 6.42 Å². The van der Waals surface area contributed by atoms with Gasteiger partial charge in [-0.3, -0.25) is 10.1 Å². The molecule has 0 aliphatic carbocycles. The van der Waals surface area contributed by atoms with Gasteiger partial charge >= 0.3 is 6.01 Å². The van der Waals surface area contributed by atoms with E-state index in [1.165, 1.54) is 0 Å². The number of ether oxygens (including phenoxy) is 1. The number of nitrogens with one attached hydrogen (secondary N) is 1. The van der Waals surface area contributed by atoms with Gasteiger partial charge in [-0.05, 0) is 17.7 Å². The van der Waals surface area contributed by atoms with Gasteiger partial charge in [-0.1, -0.05) is 53.6 Å². The van der Waals surface area contributed by atoms with E-state index in [1.807, 2.05) is 48.5 Å². The van der Waals surface area contributed by atoms with Crippen LogP contribution in [0.5, 0.6) is 5.75 Å². The molecule has 1 amide bonds. The van der Waals surface area contributed by atoms with Gasteiger partial charge in [0.25, 0.3) is 5.91 Å². The van der Waals surface area contributed by atoms with E-state index >= 15 is 0 Å². The second-order valence-electron chi connectivity index (χ2n) is 4.81. The SMILES string of the molecule is O=C(COc1ccccc1)Nc1nnc(Cc2ccccc2)o1. The van der Waals surface area contributed by atoms with E-state index in [1.54, 1.807) is 12.1 Å². The average molecular weight is 309 g/mol. The predicted octanol–water partition coefficient (Wildman–Crippen LogP) is 2.68. The van der Waals surface area contributed by atoms with Crippen LogP contribution in [-0.4, -0.2) is 22.7 Å². The summed E-state index contributed by atoms with van der Waals surface area (Å²) in [5.41, 5.74) is 1.06. The van der Waals surface area contributed by atoms with Crippen LogP contribution in [0.3, 0.4) is 0 Å². The number of amides is 1. The summed E-state index contributed by atoms with van der Waals surface area (Å²) >= 11 is 0. The van der Waals surface area contributed by atoms with Gasteiger partial charge < -0.3 is 9.15 Å². The summed E-state index contributed by atoms with van der Waals surface area (Å²) in [5.74, 6) is 0.706. The Balaban J connectivity index is 1.51. The molecule has 1 N–H and O–H groups in total. The fourth-order valence-corrected chi connectivity index (χ4v) is 1.97. The molecule has 2 aromatic carbocycles. The number of benzene rings is 2. The molecule has 0 spiro atoms. The quantitative estimate of drug-likeness (QED) is 0.757. The summed E-state index contributed by atoms with van der Waals surface area (Å²) in [6.45, 7) is -0.125. The number of carbonyl (C=O) groups excluding carboxylic acids is 1. The molecule has 0 unspecified atom stereocenters. The van der Waals surface area contributed by atoms with Gasteiger partial charge in [-0.2, -0.15) is 0 Å². The van der Waals surface area contributed by atoms with Crippen molar-refractivity contribution in [2.75, 3.05) is 11.9 Å². The molecule has 1 aromatic heterocycles. The first-order valence-corrected chi connectivity index (χ1v) is 7.13. The van der Waals surface area contributed by atoms with Crippen LogP contribution in [0.25, 0.3) is 0 Å². The van der Waals surface area contributed by atoms with Gasteiger partial charge in [0, 0.05) is 0 Å². The Morgan fingerprint density at radius 2 is 1.70 bits per heavy atom. The standard InChI is InChI=1S/C17H15N3O3/c21-15(12-22-14-9-5-2-6-10-14)18-17-20-19-16(23-17)11-13-7-3-1-4-8-13/h1-10H,11-12H2,(H,18,20,21). The maximum atomic E-state index is 11.8. The summed E-state index contributed by atoms with van der Waals surface area (Å²) in [6.07, 6.45) is 0.518. The van der Waals surface area contributed by atoms with E-state index in [9.17, 15) is 4.79 Å². The first kappa shape index (κ1) is 14.8. The molecule has 23 heavy (non-hydrogen) atoms. The fourth-order valence-electron chi connectivity index (χ4n) is 1.97. The van der Waals surface area contributed by atoms with Gasteiger partial charge in [0.2, 0.25) is 5.89 Å². The van der Waals surface area contributed by atoms with Gasteiger partial charge in [-0.15, -0.1) is 5.10 Å². The van der Waals surface area contributed by atoms with E-state index < -0.39 is 0 Å². The molecule has 1 heterocycles. The maximum Gasteiger partial charge on any atom is 0.322 e. The number of anilines is 1. The zero-order valence-electron chi connectivity index (χ0n) is 12.3. The molecule has 116 valence electrons. The largest absolute Gasteiger partial charge is 0.484 e. The summed E-state index contributed by atoms with van der Waals surface area (Å²) in [7, 11) is 0. The summed E-state index contributed by atoms with van der Waals surface area (Å²) < 4.78 is 10.7. The third-order valence-electron chi connectivity index (χ3n) is 3.02. The van der Waals surface area contributed by atoms with Crippen molar-refractivity contribution >= 4 is 11.9 Å². The van der Waals surface area contributed by atoms with E-state index in [0.717, 1.165) is 5.56 Å². The number of rotatable bonds is 6. The Kier molecular flexibility index (Phi) is 4.63. The minimum atomic E-state index is -0.358. The Morgan fingerprint density at radius 1 is 1.00 bits per heavy atom. The molecule has 3 aromatic rings. The lowest BCUT2D eigenvalue weighted by molar-refractivity contribution is -0.118. The predicted molar refractivity (Wildman–Crippen MR) is 84.1 cm³/mol. The highest BCUT2D eigenvalue weighted by Gasteiger charge is 2.10. The second-order valence-corrected chi connectivity index (χ2v) is 4.81. The number of aromatic nitrogens is 2. The molecule has 6 heteroatoms. The van der Waals surface area contributed by atoms with Crippen molar-refractivity contribution in [3.63, 3.8) is 0 Å². The smallest absolute Gasteiger partial charge is 0.322 e. The first-order valence-electron chi connectivity index (χ1n) is 7.13. The highest BCUT2D eigenvalue weighted by Crippen LogP contribution is 2.11. The molecule has 0 saturated carbocycles. The van der Waals surface area contributed by atoms with Crippen molar-refractivity contribution in [3.8, 4) is 5.75 Å². The molecule has 3 rings (SSSR count). The zero-order chi connectivity index (χ0) is 15.9. The molecular formula is C17H15N3O3. The van der Waals surface area contributed by atoms with E-state index in [2.05, 4.69) is 15.5 Å². The van der Waals surface area contributed by atoms with Crippen molar-refractivity contribution in [1.82, 2.24) is 10.2 Å². The Morgan fingerprint density at radius 3 is 2.43 bits per heavy atom. The number of hydrogen-bond acceptors (Lipinski definition) is 5. The van der Waals surface area contributed by atoms with Crippen LogP contribution in [0.4, 0.5) is 6.01 Å². The average Bonchev–Trinajstić information content (AvgIpc) is 3.02. The van der Waals surface area contributed by atoms with Crippen LogP contribution in [-0.2, 0) is 11.2 Å². The molecule has 0 bridgehead atoms. The molecule has 0 fully saturated rings. The van der Waals surface area contributed by atoms with Crippen LogP contribution in [0, 0.1) is 0 Å². The Hall–Kier alpha value is -3.15. The van der Waals surface area contributed by atoms with Gasteiger partial charge in [0.05, 0.1) is 6.42 Å². The van der Waals surface area contributed by atoms with Gasteiger partial charge in [-0.25, -0.2) is 0 Å². The van der Waals surface area contributed by atoms with E-state index in [0.29, 0.717) is 18.1 Å². The van der Waals surface area contributed by atoms with Crippen LogP contribution < -0.4 is 10.1 Å². The van der Waals surface area contributed by atoms with Crippen LogP contribution >= 0.6 is 0 Å². The second kappa shape index (κ2) is 7.22. The molecule has 0 saturated heterocycles. The van der Waals surface area contributed by atoms with Gasteiger partial charge in [0.15, 0.2) is 6.61 Å². The van der Waals surface area contributed by atoms with Crippen LogP contribution in [0.2, 0.25) is 0 Å². The normalized spacial score (nSPS) is 10.3. The first-order chi connectivity index (χ1) is 11.3. The van der Waals surface area contributed by atoms with Crippen LogP contribution in [0.1, 0.15) is 11.5 Å². The summed E-state index contributed by atoms with van der Waals surface area (Å²) in [5, 5.41) is 10.2. The summed E-state index contributed by atoms with van der Waals surface area (Å²) in [6, 6.07) is 18.9. The molecule has 0 aliphatic rings. The Bertz CT molecular complexity index is 757. The topological polar surface area (TPSA) is 77.2 Å². The maximum absolute atomic E-state index is 11.8. The number of para-hydroxylation sites is 1. The number of nitrogens with zero attached hydrogens (tertiary/aromatic N) is 2. The highest BCUT2D eigenvalue weighted by atomic mass is 16.5.